The largest absolute Gasteiger partial charge is 0.468 e. The van der Waals surface area contributed by atoms with Crippen LogP contribution in [-0.4, -0.2) is 41.4 Å². The molecule has 0 spiro atoms. The van der Waals surface area contributed by atoms with Gasteiger partial charge in [0.1, 0.15) is 5.41 Å². The van der Waals surface area contributed by atoms with Crippen molar-refractivity contribution in [3.63, 3.8) is 0 Å². The molecule has 3 rings (SSSR count). The molecule has 0 radical (unpaired) electrons. The summed E-state index contributed by atoms with van der Waals surface area (Å²) in [5.74, 6) is -0.750. The summed E-state index contributed by atoms with van der Waals surface area (Å²) in [5.41, 5.74) is 0.646. The van der Waals surface area contributed by atoms with Gasteiger partial charge in [0.25, 0.3) is 0 Å². The normalized spacial score (nSPS) is 18.0. The molecule has 0 aromatic heterocycles. The highest BCUT2D eigenvalue weighted by atomic mass is 35.5. The number of halogens is 2. The monoisotopic (exact) mass is 463 g/mol. The smallest absolute Gasteiger partial charge is 0.319 e. The van der Waals surface area contributed by atoms with Crippen LogP contribution in [0.2, 0.25) is 10.0 Å². The molecule has 1 aliphatic heterocycles. The average Bonchev–Trinajstić information content (AvgIpc) is 3.08. The van der Waals surface area contributed by atoms with E-state index in [0.717, 1.165) is 0 Å². The predicted molar refractivity (Wildman–Crippen MR) is 122 cm³/mol. The number of nitrogens with zero attached hydrogens (tertiary/aromatic N) is 3. The van der Waals surface area contributed by atoms with Crippen molar-refractivity contribution in [2.45, 2.75) is 13.8 Å². The van der Waals surface area contributed by atoms with Gasteiger partial charge in [-0.3, -0.25) is 14.5 Å². The lowest BCUT2D eigenvalue weighted by molar-refractivity contribution is -0.147. The fourth-order valence-corrected chi connectivity index (χ4v) is 3.85. The summed E-state index contributed by atoms with van der Waals surface area (Å²) >= 11 is 17.6. The van der Waals surface area contributed by atoms with Crippen LogP contribution in [0.25, 0.3) is 0 Å². The molecule has 0 saturated heterocycles. The Balaban J connectivity index is 2.03. The number of amides is 1. The zero-order valence-electron chi connectivity index (χ0n) is 16.6. The number of hydrazone groups is 1. The van der Waals surface area contributed by atoms with Crippen molar-refractivity contribution in [1.29, 1.82) is 0 Å². The second-order valence-corrected chi connectivity index (χ2v) is 8.19. The molecule has 0 bridgehead atoms. The molecule has 30 heavy (non-hydrogen) atoms. The summed E-state index contributed by atoms with van der Waals surface area (Å²) in [7, 11) is 1.32. The summed E-state index contributed by atoms with van der Waals surface area (Å²) in [4.78, 5) is 26.4. The summed E-state index contributed by atoms with van der Waals surface area (Å²) in [6.07, 6.45) is 0. The molecule has 1 heterocycles. The third-order valence-corrected chi connectivity index (χ3v) is 5.67. The first-order valence-electron chi connectivity index (χ1n) is 8.98. The Kier molecular flexibility index (Phi) is 6.45. The molecule has 0 aliphatic carbocycles. The minimum Gasteiger partial charge on any atom is -0.468 e. The standard InChI is InChI=1S/C21H19Cl2N3O3S/c1-13(27)26(17-10-8-16(23)9-11-17)20(30)25-12-21(2,19(28)29-3)18(24-25)14-4-6-15(22)7-5-14/h4-11H,12H2,1-3H3. The number of thiocarbonyl (C=S) groups is 1. The van der Waals surface area contributed by atoms with Crippen molar-refractivity contribution in [3.8, 4) is 0 Å². The zero-order valence-corrected chi connectivity index (χ0v) is 18.9. The van der Waals surface area contributed by atoms with Crippen LogP contribution in [0.3, 0.4) is 0 Å². The third kappa shape index (κ3) is 4.19. The summed E-state index contributed by atoms with van der Waals surface area (Å²) in [6, 6.07) is 13.7. The van der Waals surface area contributed by atoms with Gasteiger partial charge in [0, 0.05) is 17.0 Å². The highest BCUT2D eigenvalue weighted by molar-refractivity contribution is 7.80. The number of rotatable bonds is 3. The molecule has 0 N–H and O–H groups in total. The van der Waals surface area contributed by atoms with Gasteiger partial charge in [0.15, 0.2) is 0 Å². The van der Waals surface area contributed by atoms with Gasteiger partial charge in [-0.1, -0.05) is 35.3 Å². The number of methoxy groups -OCH3 is 1. The second-order valence-electron chi connectivity index (χ2n) is 6.95. The first kappa shape index (κ1) is 22.2. The Morgan fingerprint density at radius 1 is 1.10 bits per heavy atom. The molecule has 0 fully saturated rings. The van der Waals surface area contributed by atoms with Crippen molar-refractivity contribution in [2.24, 2.45) is 10.5 Å². The fraction of sp³-hybridized carbons (Fsp3) is 0.238. The zero-order chi connectivity index (χ0) is 22.1. The van der Waals surface area contributed by atoms with E-state index in [9.17, 15) is 9.59 Å². The second kappa shape index (κ2) is 8.71. The lowest BCUT2D eigenvalue weighted by Crippen LogP contribution is -2.46. The van der Waals surface area contributed by atoms with E-state index in [1.54, 1.807) is 55.5 Å². The molecule has 2 aromatic carbocycles. The Morgan fingerprint density at radius 2 is 1.63 bits per heavy atom. The average molecular weight is 464 g/mol. The maximum atomic E-state index is 12.7. The highest BCUT2D eigenvalue weighted by Crippen LogP contribution is 2.34. The number of hydrogen-bond acceptors (Lipinski definition) is 5. The van der Waals surface area contributed by atoms with E-state index >= 15 is 0 Å². The van der Waals surface area contributed by atoms with E-state index in [4.69, 9.17) is 40.2 Å². The van der Waals surface area contributed by atoms with Crippen molar-refractivity contribution in [3.05, 3.63) is 64.1 Å². The van der Waals surface area contributed by atoms with Crippen molar-refractivity contribution in [1.82, 2.24) is 5.01 Å². The number of carbonyl (C=O) groups is 2. The number of hydrogen-bond donors (Lipinski definition) is 0. The van der Waals surface area contributed by atoms with E-state index in [-0.39, 0.29) is 17.6 Å². The number of carbonyl (C=O) groups excluding carboxylic acids is 2. The molecule has 1 atom stereocenters. The lowest BCUT2D eigenvalue weighted by atomic mass is 9.82. The molecule has 6 nitrogen and oxygen atoms in total. The number of benzene rings is 2. The molecule has 0 saturated carbocycles. The van der Waals surface area contributed by atoms with Crippen LogP contribution >= 0.6 is 35.4 Å². The van der Waals surface area contributed by atoms with Crippen molar-refractivity contribution in [2.75, 3.05) is 18.6 Å². The minimum atomic E-state index is -1.09. The molecule has 2 aromatic rings. The van der Waals surface area contributed by atoms with Gasteiger partial charge in [0.2, 0.25) is 11.0 Å². The topological polar surface area (TPSA) is 62.2 Å². The SMILES string of the molecule is COC(=O)C1(C)CN(C(=S)N(C(C)=O)c2ccc(Cl)cc2)N=C1c1ccc(Cl)cc1. The first-order chi connectivity index (χ1) is 14.2. The van der Waals surface area contributed by atoms with Crippen LogP contribution in [0.5, 0.6) is 0 Å². The number of esters is 1. The Bertz CT molecular complexity index is 1020. The van der Waals surface area contributed by atoms with Gasteiger partial charge in [0.05, 0.1) is 25.1 Å². The number of ether oxygens (including phenoxy) is 1. The van der Waals surface area contributed by atoms with Gasteiger partial charge >= 0.3 is 5.97 Å². The Morgan fingerprint density at radius 3 is 2.13 bits per heavy atom. The van der Waals surface area contributed by atoms with Gasteiger partial charge in [-0.15, -0.1) is 0 Å². The molecule has 156 valence electrons. The summed E-state index contributed by atoms with van der Waals surface area (Å²) in [5, 5.41) is 7.31. The predicted octanol–water partition coefficient (Wildman–Crippen LogP) is 4.53. The van der Waals surface area contributed by atoms with E-state index in [1.807, 2.05) is 0 Å². The molecular formula is C21H19Cl2N3O3S. The van der Waals surface area contributed by atoms with Crippen LogP contribution in [-0.2, 0) is 14.3 Å². The van der Waals surface area contributed by atoms with Crippen LogP contribution in [0, 0.1) is 5.41 Å². The molecule has 1 aliphatic rings. The number of anilines is 1. The fourth-order valence-electron chi connectivity index (χ4n) is 3.25. The lowest BCUT2D eigenvalue weighted by Gasteiger charge is -2.28. The first-order valence-corrected chi connectivity index (χ1v) is 10.1. The van der Waals surface area contributed by atoms with Crippen LogP contribution in [0.4, 0.5) is 5.69 Å². The van der Waals surface area contributed by atoms with E-state index in [2.05, 4.69) is 5.10 Å². The molecule has 1 unspecified atom stereocenters. The minimum absolute atomic E-state index is 0.119. The van der Waals surface area contributed by atoms with Crippen LogP contribution < -0.4 is 4.90 Å². The maximum absolute atomic E-state index is 12.7. The van der Waals surface area contributed by atoms with Crippen LogP contribution in [0.1, 0.15) is 19.4 Å². The van der Waals surface area contributed by atoms with Gasteiger partial charge < -0.3 is 4.74 Å². The Labute approximate surface area is 190 Å². The van der Waals surface area contributed by atoms with Crippen molar-refractivity contribution < 1.29 is 14.3 Å². The molecule has 9 heteroatoms. The molecular weight excluding hydrogens is 445 g/mol. The maximum Gasteiger partial charge on any atom is 0.319 e. The van der Waals surface area contributed by atoms with Gasteiger partial charge in [-0.2, -0.15) is 5.10 Å². The molecule has 1 amide bonds. The van der Waals surface area contributed by atoms with E-state index in [0.29, 0.717) is 27.0 Å². The Hall–Kier alpha value is -2.48. The third-order valence-electron chi connectivity index (χ3n) is 4.77. The van der Waals surface area contributed by atoms with E-state index in [1.165, 1.54) is 23.9 Å². The quantitative estimate of drug-likeness (QED) is 0.494. The summed E-state index contributed by atoms with van der Waals surface area (Å²) in [6.45, 7) is 3.25. The van der Waals surface area contributed by atoms with E-state index < -0.39 is 11.4 Å². The summed E-state index contributed by atoms with van der Waals surface area (Å²) < 4.78 is 5.04. The highest BCUT2D eigenvalue weighted by Gasteiger charge is 2.48. The van der Waals surface area contributed by atoms with Gasteiger partial charge in [-0.25, -0.2) is 5.01 Å². The van der Waals surface area contributed by atoms with Crippen LogP contribution in [0.15, 0.2) is 53.6 Å². The van der Waals surface area contributed by atoms with Crippen molar-refractivity contribution >= 4 is 63.8 Å². The van der Waals surface area contributed by atoms with Gasteiger partial charge in [-0.05, 0) is 61.1 Å².